The maximum Gasteiger partial charge on any atom is 0.407 e. The van der Waals surface area contributed by atoms with E-state index in [1.807, 2.05) is 48.5 Å². The summed E-state index contributed by atoms with van der Waals surface area (Å²) in [5.41, 5.74) is 3.02. The highest BCUT2D eigenvalue weighted by molar-refractivity contribution is 5.97. The van der Waals surface area contributed by atoms with E-state index in [2.05, 4.69) is 5.32 Å². The van der Waals surface area contributed by atoms with Crippen LogP contribution in [0.2, 0.25) is 0 Å². The van der Waals surface area contributed by atoms with E-state index in [4.69, 9.17) is 24.0 Å². The van der Waals surface area contributed by atoms with Crippen LogP contribution in [0.1, 0.15) is 40.6 Å². The van der Waals surface area contributed by atoms with Crippen LogP contribution in [0, 0.1) is 12.7 Å². The molecule has 1 aromatic heterocycles. The molecule has 3 aromatic carbocycles. The van der Waals surface area contributed by atoms with Crippen molar-refractivity contribution >= 4 is 23.0 Å². The lowest BCUT2D eigenvalue weighted by Gasteiger charge is -2.27. The van der Waals surface area contributed by atoms with Gasteiger partial charge in [-0.15, -0.1) is 0 Å². The minimum atomic E-state index is -0.620. The predicted molar refractivity (Wildman–Crippen MR) is 146 cm³/mol. The zero-order valence-electron chi connectivity index (χ0n) is 22.3. The molecular weight excluding hydrogens is 517 g/mol. The minimum Gasteiger partial charge on any atom is -0.494 e. The van der Waals surface area contributed by atoms with Gasteiger partial charge in [-0.05, 0) is 54.8 Å². The van der Waals surface area contributed by atoms with Crippen molar-refractivity contribution in [1.82, 2.24) is 15.1 Å². The lowest BCUT2D eigenvalue weighted by molar-refractivity contribution is -0.104. The van der Waals surface area contributed by atoms with Crippen molar-refractivity contribution in [3.63, 3.8) is 0 Å². The molecule has 1 fully saturated rings. The van der Waals surface area contributed by atoms with Crippen LogP contribution in [0.5, 0.6) is 5.75 Å². The van der Waals surface area contributed by atoms with Crippen LogP contribution in [0.15, 0.2) is 60.7 Å². The number of methoxy groups -OCH3 is 1. The third-order valence-corrected chi connectivity index (χ3v) is 6.72. The SMILES string of the molecule is COC(=O)c1cc(-c2nn(C3CCO3)c3ccc(OCCCNC(=O)OCc4ccccc4)cc23)cc(F)c1C. The molecule has 0 spiro atoms. The number of esters is 1. The van der Waals surface area contributed by atoms with E-state index in [0.29, 0.717) is 43.2 Å². The summed E-state index contributed by atoms with van der Waals surface area (Å²) in [5, 5.41) is 8.19. The van der Waals surface area contributed by atoms with Crippen LogP contribution in [0.4, 0.5) is 9.18 Å². The number of amides is 1. The molecule has 10 heteroatoms. The van der Waals surface area contributed by atoms with Gasteiger partial charge in [-0.3, -0.25) is 0 Å². The number of ether oxygens (including phenoxy) is 4. The summed E-state index contributed by atoms with van der Waals surface area (Å²) >= 11 is 0. The molecule has 1 N–H and O–H groups in total. The molecule has 4 aromatic rings. The number of benzene rings is 3. The van der Waals surface area contributed by atoms with Crippen LogP contribution in [0.25, 0.3) is 22.2 Å². The number of hydrogen-bond acceptors (Lipinski definition) is 7. The molecule has 1 aliphatic heterocycles. The number of nitrogens with zero attached hydrogens (tertiary/aromatic N) is 2. The van der Waals surface area contributed by atoms with E-state index in [1.165, 1.54) is 20.1 Å². The average Bonchev–Trinajstić information content (AvgIpc) is 3.30. The summed E-state index contributed by atoms with van der Waals surface area (Å²) in [6, 6.07) is 18.0. The third kappa shape index (κ3) is 5.91. The van der Waals surface area contributed by atoms with Crippen LogP contribution < -0.4 is 10.1 Å². The Balaban J connectivity index is 1.28. The molecule has 208 valence electrons. The van der Waals surface area contributed by atoms with E-state index in [-0.39, 0.29) is 24.0 Å². The van der Waals surface area contributed by atoms with Crippen molar-refractivity contribution in [3.8, 4) is 17.0 Å². The number of carbonyl (C=O) groups excluding carboxylic acids is 2. The van der Waals surface area contributed by atoms with Crippen molar-refractivity contribution in [1.29, 1.82) is 0 Å². The number of carbonyl (C=O) groups is 2. The number of alkyl carbamates (subject to hydrolysis) is 1. The van der Waals surface area contributed by atoms with E-state index in [0.717, 1.165) is 22.9 Å². The van der Waals surface area contributed by atoms with Gasteiger partial charge in [-0.25, -0.2) is 18.7 Å². The quantitative estimate of drug-likeness (QED) is 0.205. The number of nitrogens with one attached hydrogen (secondary N) is 1. The Bertz CT molecular complexity index is 1520. The molecule has 9 nitrogen and oxygen atoms in total. The average molecular weight is 548 g/mol. The zero-order chi connectivity index (χ0) is 28.1. The smallest absolute Gasteiger partial charge is 0.407 e. The second-order valence-electron chi connectivity index (χ2n) is 9.40. The Morgan fingerprint density at radius 3 is 2.67 bits per heavy atom. The first-order valence-electron chi connectivity index (χ1n) is 13.0. The molecule has 0 radical (unpaired) electrons. The molecule has 0 aliphatic carbocycles. The molecule has 1 amide bonds. The highest BCUT2D eigenvalue weighted by Crippen LogP contribution is 2.36. The normalized spacial score (nSPS) is 14.4. The van der Waals surface area contributed by atoms with Gasteiger partial charge in [0.2, 0.25) is 0 Å². The van der Waals surface area contributed by atoms with Crippen molar-refractivity contribution in [3.05, 3.63) is 83.2 Å². The fourth-order valence-corrected chi connectivity index (χ4v) is 4.42. The lowest BCUT2D eigenvalue weighted by atomic mass is 10.0. The monoisotopic (exact) mass is 547 g/mol. The number of halogens is 1. The summed E-state index contributed by atoms with van der Waals surface area (Å²) in [7, 11) is 1.26. The van der Waals surface area contributed by atoms with Crippen LogP contribution in [-0.2, 0) is 20.8 Å². The Labute approximate surface area is 230 Å². The van der Waals surface area contributed by atoms with Gasteiger partial charge < -0.3 is 24.3 Å². The number of fused-ring (bicyclic) bond motifs is 1. The van der Waals surface area contributed by atoms with E-state index >= 15 is 0 Å². The second-order valence-corrected chi connectivity index (χ2v) is 9.40. The van der Waals surface area contributed by atoms with Crippen molar-refractivity contribution in [2.45, 2.75) is 32.6 Å². The highest BCUT2D eigenvalue weighted by Gasteiger charge is 2.26. The van der Waals surface area contributed by atoms with Crippen LogP contribution in [-0.4, -0.2) is 48.7 Å². The minimum absolute atomic E-state index is 0.141. The largest absolute Gasteiger partial charge is 0.494 e. The van der Waals surface area contributed by atoms with Gasteiger partial charge in [0.25, 0.3) is 0 Å². The molecule has 0 bridgehead atoms. The molecule has 5 rings (SSSR count). The Hall–Kier alpha value is -4.44. The van der Waals surface area contributed by atoms with Crippen molar-refractivity contribution < 1.29 is 32.9 Å². The first-order valence-corrected chi connectivity index (χ1v) is 13.0. The number of hydrogen-bond donors (Lipinski definition) is 1. The molecular formula is C30H30FN3O6. The maximum atomic E-state index is 14.8. The highest BCUT2D eigenvalue weighted by atomic mass is 19.1. The van der Waals surface area contributed by atoms with E-state index in [1.54, 1.807) is 10.7 Å². The van der Waals surface area contributed by atoms with Gasteiger partial charge in [-0.1, -0.05) is 30.3 Å². The zero-order valence-corrected chi connectivity index (χ0v) is 22.3. The van der Waals surface area contributed by atoms with E-state index in [9.17, 15) is 14.0 Å². The summed E-state index contributed by atoms with van der Waals surface area (Å²) in [6.45, 7) is 3.12. The molecule has 1 saturated heterocycles. The standard InChI is InChI=1S/C30H30FN3O6/c1-19-23(29(35)37-2)15-21(16-25(19)31)28-24-17-22(9-10-26(24)34(33-28)27-11-14-39-27)38-13-6-12-32-30(36)40-18-20-7-4-3-5-8-20/h3-5,7-10,15-17,27H,6,11-14,18H2,1-2H3,(H,32,36). The molecule has 0 saturated carbocycles. The maximum absolute atomic E-state index is 14.8. The van der Waals surface area contributed by atoms with Crippen LogP contribution in [0.3, 0.4) is 0 Å². The predicted octanol–water partition coefficient (Wildman–Crippen LogP) is 5.55. The topological polar surface area (TPSA) is 101 Å². The summed E-state index contributed by atoms with van der Waals surface area (Å²) in [5.74, 6) is -0.552. The fraction of sp³-hybridized carbons (Fsp3) is 0.300. The molecule has 1 aliphatic rings. The summed E-state index contributed by atoms with van der Waals surface area (Å²) in [6.07, 6.45) is 0.667. The Morgan fingerprint density at radius 1 is 1.15 bits per heavy atom. The van der Waals surface area contributed by atoms with Gasteiger partial charge in [0, 0.05) is 23.9 Å². The molecule has 1 unspecified atom stereocenters. The van der Waals surface area contributed by atoms with Crippen molar-refractivity contribution in [2.75, 3.05) is 26.9 Å². The Kier molecular flexibility index (Phi) is 8.26. The molecule has 2 heterocycles. The third-order valence-electron chi connectivity index (χ3n) is 6.72. The molecule has 1 atom stereocenters. The fourth-order valence-electron chi connectivity index (χ4n) is 4.42. The van der Waals surface area contributed by atoms with E-state index < -0.39 is 17.9 Å². The van der Waals surface area contributed by atoms with Gasteiger partial charge in [0.15, 0.2) is 6.23 Å². The summed E-state index contributed by atoms with van der Waals surface area (Å²) in [4.78, 5) is 24.2. The lowest BCUT2D eigenvalue weighted by Crippen LogP contribution is -2.26. The summed E-state index contributed by atoms with van der Waals surface area (Å²) < 4.78 is 38.3. The number of aromatic nitrogens is 2. The van der Waals surface area contributed by atoms with Gasteiger partial charge in [0.1, 0.15) is 23.9 Å². The van der Waals surface area contributed by atoms with Gasteiger partial charge in [-0.2, -0.15) is 5.10 Å². The second kappa shape index (κ2) is 12.2. The number of rotatable bonds is 10. The van der Waals surface area contributed by atoms with Gasteiger partial charge >= 0.3 is 12.1 Å². The van der Waals surface area contributed by atoms with Crippen molar-refractivity contribution in [2.24, 2.45) is 0 Å². The Morgan fingerprint density at radius 2 is 1.95 bits per heavy atom. The van der Waals surface area contributed by atoms with Crippen LogP contribution >= 0.6 is 0 Å². The van der Waals surface area contributed by atoms with Gasteiger partial charge in [0.05, 0.1) is 31.4 Å². The first kappa shape index (κ1) is 27.1. The first-order chi connectivity index (χ1) is 19.4. The molecule has 40 heavy (non-hydrogen) atoms.